The summed E-state index contributed by atoms with van der Waals surface area (Å²) in [5, 5.41) is 8.17. The van der Waals surface area contributed by atoms with Crippen LogP contribution in [0.5, 0.6) is 5.75 Å². The van der Waals surface area contributed by atoms with E-state index in [0.29, 0.717) is 0 Å². The lowest BCUT2D eigenvalue weighted by Crippen LogP contribution is -2.28. The largest absolute Gasteiger partial charge is 0.478 e. The van der Waals surface area contributed by atoms with Crippen molar-refractivity contribution in [2.75, 3.05) is 12.8 Å². The Labute approximate surface area is 181 Å². The van der Waals surface area contributed by atoms with E-state index in [4.69, 9.17) is 20.8 Å². The number of aromatic nitrogens is 2. The highest BCUT2D eigenvalue weighted by molar-refractivity contribution is 7.99. The van der Waals surface area contributed by atoms with Crippen LogP contribution in [0.4, 0.5) is 8.78 Å². The van der Waals surface area contributed by atoms with Gasteiger partial charge in [0.15, 0.2) is 17.7 Å². The number of carbonyl (C=O) groups excluding carboxylic acids is 1. The van der Waals surface area contributed by atoms with Gasteiger partial charge in [-0.05, 0) is 31.2 Å². The number of para-hydroxylation sites is 1. The molecule has 30 heavy (non-hydrogen) atoms. The molecule has 10 heteroatoms. The Morgan fingerprint density at radius 2 is 1.93 bits per heavy atom. The van der Waals surface area contributed by atoms with Gasteiger partial charge in [0, 0.05) is 24.2 Å². The van der Waals surface area contributed by atoms with Gasteiger partial charge >= 0.3 is 0 Å². The lowest BCUT2D eigenvalue weighted by molar-refractivity contribution is -0.127. The zero-order valence-electron chi connectivity index (χ0n) is 16.1. The van der Waals surface area contributed by atoms with Gasteiger partial charge in [-0.3, -0.25) is 4.79 Å². The molecule has 1 amide bonds. The topological polar surface area (TPSA) is 68.5 Å². The molecular weight excluding hydrogens is 436 g/mol. The van der Waals surface area contributed by atoms with Crippen LogP contribution < -0.4 is 4.74 Å². The van der Waals surface area contributed by atoms with E-state index in [1.807, 2.05) is 0 Å². The first kappa shape index (κ1) is 22.0. The maximum atomic E-state index is 13.9. The summed E-state index contributed by atoms with van der Waals surface area (Å²) in [5.74, 6) is -1.01. The third-order valence-corrected chi connectivity index (χ3v) is 5.27. The van der Waals surface area contributed by atoms with Crippen molar-refractivity contribution in [2.24, 2.45) is 0 Å². The summed E-state index contributed by atoms with van der Waals surface area (Å²) < 4.78 is 38.6. The first-order valence-corrected chi connectivity index (χ1v) is 10.3. The molecular formula is C20H18ClF2N3O3S. The fourth-order valence-corrected chi connectivity index (χ4v) is 3.40. The Bertz CT molecular complexity index is 1010. The number of halogens is 3. The zero-order chi connectivity index (χ0) is 21.7. The zero-order valence-corrected chi connectivity index (χ0v) is 17.7. The highest BCUT2D eigenvalue weighted by Gasteiger charge is 2.19. The van der Waals surface area contributed by atoms with Crippen molar-refractivity contribution >= 4 is 29.3 Å². The van der Waals surface area contributed by atoms with Crippen LogP contribution >= 0.6 is 23.4 Å². The molecule has 0 N–H and O–H groups in total. The standard InChI is InChI=1S/C20H18ClF2N3O3S/c1-12(28-17-9-4-3-7-16(17)23)19-24-25-20(29-19)30-11-18(27)26(2)10-13-14(21)6-5-8-15(13)22/h3-9,12H,10-11H2,1-2H3. The van der Waals surface area contributed by atoms with Crippen LogP contribution in [0.25, 0.3) is 0 Å². The predicted molar refractivity (Wildman–Crippen MR) is 108 cm³/mol. The number of benzene rings is 2. The average Bonchev–Trinajstić information content (AvgIpc) is 3.20. The maximum absolute atomic E-state index is 13.9. The maximum Gasteiger partial charge on any atom is 0.277 e. The average molecular weight is 454 g/mol. The molecule has 1 atom stereocenters. The summed E-state index contributed by atoms with van der Waals surface area (Å²) in [5.41, 5.74) is 0.249. The van der Waals surface area contributed by atoms with Crippen molar-refractivity contribution in [1.82, 2.24) is 15.1 Å². The minimum Gasteiger partial charge on any atom is -0.478 e. The smallest absolute Gasteiger partial charge is 0.277 e. The molecule has 158 valence electrons. The molecule has 0 aliphatic heterocycles. The molecule has 0 saturated carbocycles. The van der Waals surface area contributed by atoms with E-state index in [0.717, 1.165) is 11.8 Å². The Balaban J connectivity index is 1.54. The van der Waals surface area contributed by atoms with Gasteiger partial charge in [0.1, 0.15) is 5.82 Å². The highest BCUT2D eigenvalue weighted by Crippen LogP contribution is 2.26. The molecule has 1 unspecified atom stereocenters. The minimum absolute atomic E-state index is 0.00670. The summed E-state index contributed by atoms with van der Waals surface area (Å²) in [6.45, 7) is 1.68. The molecule has 6 nitrogen and oxygen atoms in total. The Hall–Kier alpha value is -2.65. The summed E-state index contributed by atoms with van der Waals surface area (Å²) >= 11 is 7.04. The van der Waals surface area contributed by atoms with E-state index in [2.05, 4.69) is 10.2 Å². The second-order valence-corrected chi connectivity index (χ2v) is 7.67. The molecule has 0 bridgehead atoms. The predicted octanol–water partition coefficient (Wildman–Crippen LogP) is 4.89. The number of thioether (sulfide) groups is 1. The summed E-state index contributed by atoms with van der Waals surface area (Å²) in [6, 6.07) is 10.3. The van der Waals surface area contributed by atoms with Crippen LogP contribution in [0, 0.1) is 11.6 Å². The van der Waals surface area contributed by atoms with E-state index >= 15 is 0 Å². The van der Waals surface area contributed by atoms with Crippen molar-refractivity contribution in [3.8, 4) is 5.75 Å². The SMILES string of the molecule is CC(Oc1ccccc1F)c1nnc(SCC(=O)N(C)Cc2c(F)cccc2Cl)o1. The molecule has 1 heterocycles. The minimum atomic E-state index is -0.676. The molecule has 0 radical (unpaired) electrons. The van der Waals surface area contributed by atoms with Crippen LogP contribution in [-0.4, -0.2) is 33.8 Å². The lowest BCUT2D eigenvalue weighted by atomic mass is 10.2. The van der Waals surface area contributed by atoms with Crippen molar-refractivity contribution in [3.63, 3.8) is 0 Å². The van der Waals surface area contributed by atoms with E-state index < -0.39 is 17.7 Å². The fourth-order valence-electron chi connectivity index (χ4n) is 2.47. The molecule has 3 rings (SSSR count). The van der Waals surface area contributed by atoms with E-state index in [-0.39, 0.29) is 45.7 Å². The van der Waals surface area contributed by atoms with Crippen LogP contribution in [-0.2, 0) is 11.3 Å². The van der Waals surface area contributed by atoms with Gasteiger partial charge in [-0.1, -0.05) is 41.6 Å². The van der Waals surface area contributed by atoms with Crippen LogP contribution in [0.15, 0.2) is 52.1 Å². The Morgan fingerprint density at radius 1 is 1.20 bits per heavy atom. The Morgan fingerprint density at radius 3 is 2.67 bits per heavy atom. The molecule has 2 aromatic carbocycles. The first-order valence-electron chi connectivity index (χ1n) is 8.89. The van der Waals surface area contributed by atoms with Crippen molar-refractivity contribution in [3.05, 3.63) is 70.6 Å². The normalized spacial score (nSPS) is 11.9. The third-order valence-electron chi connectivity index (χ3n) is 4.11. The second-order valence-electron chi connectivity index (χ2n) is 6.34. The fraction of sp³-hybridized carbons (Fsp3) is 0.250. The number of hydrogen-bond acceptors (Lipinski definition) is 6. The monoisotopic (exact) mass is 453 g/mol. The van der Waals surface area contributed by atoms with Gasteiger partial charge in [-0.15, -0.1) is 10.2 Å². The summed E-state index contributed by atoms with van der Waals surface area (Å²) in [4.78, 5) is 13.7. The highest BCUT2D eigenvalue weighted by atomic mass is 35.5. The first-order chi connectivity index (χ1) is 14.3. The van der Waals surface area contributed by atoms with Crippen LogP contribution in [0.3, 0.4) is 0 Å². The second kappa shape index (κ2) is 9.90. The number of amides is 1. The number of carbonyl (C=O) groups is 1. The van der Waals surface area contributed by atoms with Crippen molar-refractivity contribution < 1.29 is 22.7 Å². The number of ether oxygens (including phenoxy) is 1. The van der Waals surface area contributed by atoms with E-state index in [9.17, 15) is 13.6 Å². The van der Waals surface area contributed by atoms with E-state index in [1.165, 1.54) is 29.2 Å². The molecule has 3 aromatic rings. The Kier molecular flexibility index (Phi) is 7.28. The van der Waals surface area contributed by atoms with E-state index in [1.54, 1.807) is 32.2 Å². The molecule has 0 aliphatic rings. The molecule has 0 aliphatic carbocycles. The van der Waals surface area contributed by atoms with Crippen molar-refractivity contribution in [2.45, 2.75) is 24.8 Å². The number of rotatable bonds is 8. The van der Waals surface area contributed by atoms with Gasteiger partial charge in [0.2, 0.25) is 5.91 Å². The number of hydrogen-bond donors (Lipinski definition) is 0. The van der Waals surface area contributed by atoms with Gasteiger partial charge in [0.25, 0.3) is 11.1 Å². The molecule has 1 aromatic heterocycles. The number of nitrogens with zero attached hydrogens (tertiary/aromatic N) is 3. The van der Waals surface area contributed by atoms with Gasteiger partial charge < -0.3 is 14.1 Å². The van der Waals surface area contributed by atoms with Gasteiger partial charge in [-0.25, -0.2) is 8.78 Å². The molecule has 0 saturated heterocycles. The third kappa shape index (κ3) is 5.48. The van der Waals surface area contributed by atoms with Crippen LogP contribution in [0.2, 0.25) is 5.02 Å². The molecule has 0 spiro atoms. The van der Waals surface area contributed by atoms with Crippen molar-refractivity contribution in [1.29, 1.82) is 0 Å². The molecule has 0 fully saturated rings. The lowest BCUT2D eigenvalue weighted by Gasteiger charge is -2.17. The summed E-state index contributed by atoms with van der Waals surface area (Å²) in [6.07, 6.45) is -0.676. The summed E-state index contributed by atoms with van der Waals surface area (Å²) in [7, 11) is 1.55. The van der Waals surface area contributed by atoms with Gasteiger partial charge in [0.05, 0.1) is 5.75 Å². The quantitative estimate of drug-likeness (QED) is 0.452. The van der Waals surface area contributed by atoms with Crippen LogP contribution in [0.1, 0.15) is 24.5 Å². The van der Waals surface area contributed by atoms with Gasteiger partial charge in [-0.2, -0.15) is 0 Å².